The summed E-state index contributed by atoms with van der Waals surface area (Å²) in [5.74, 6) is 0. The first-order valence-corrected chi connectivity index (χ1v) is 5.50. The Hall–Kier alpha value is 5.53. The molecule has 0 aromatic carbocycles. The zero-order chi connectivity index (χ0) is 7.71. The van der Waals surface area contributed by atoms with E-state index in [2.05, 4.69) is 2.84 Å². The Balaban J connectivity index is -0.0000000533. The van der Waals surface area contributed by atoms with Gasteiger partial charge in [-0.1, -0.05) is 0 Å². The predicted octanol–water partition coefficient (Wildman–Crippen LogP) is -14.9. The van der Waals surface area contributed by atoms with Crippen LogP contribution < -0.4 is 179 Å². The summed E-state index contributed by atoms with van der Waals surface area (Å²) in [6.07, 6.45) is 0. The van der Waals surface area contributed by atoms with Crippen LogP contribution in [0.15, 0.2) is 0 Å². The zero-order valence-electron chi connectivity index (χ0n) is 7.05. The summed E-state index contributed by atoms with van der Waals surface area (Å²) < 4.78 is 58.9. The third-order valence-corrected chi connectivity index (χ3v) is 2.83. The maximum atomic E-state index is 9.38. The van der Waals surface area contributed by atoms with Gasteiger partial charge in [-0.05, 0) is 0 Å². The van der Waals surface area contributed by atoms with Crippen molar-refractivity contribution in [1.82, 2.24) is 0 Å². The molecule has 7 nitrogen and oxygen atoms in total. The Kier molecular flexibility index (Phi) is 33.4. The van der Waals surface area contributed by atoms with Gasteiger partial charge in [0.2, 0.25) is 0 Å². The molecule has 0 saturated carbocycles. The molecule has 0 saturated heterocycles. The molecule has 0 bridgehead atoms. The fourth-order valence-corrected chi connectivity index (χ4v) is 1.74. The standard InChI is InChI=1S/BrH.2Cr.3K.7O/h1H;;;;;;;;;;;;/q;;;3*+1;;;;;;2*-1/p-1. The van der Waals surface area contributed by atoms with E-state index in [1.54, 1.807) is 0 Å². The first kappa shape index (κ1) is 31.1. The number of hydrogen-bond donors (Lipinski definition) is 0. The van der Waals surface area contributed by atoms with Gasteiger partial charge in [0.1, 0.15) is 0 Å². The quantitative estimate of drug-likeness (QED) is 0.412. The van der Waals surface area contributed by atoms with Crippen molar-refractivity contribution < 1.29 is 225 Å². The molecule has 13 heavy (non-hydrogen) atoms. The van der Waals surface area contributed by atoms with Gasteiger partial charge in [-0.3, -0.25) is 0 Å². The summed E-state index contributed by atoms with van der Waals surface area (Å²) in [4.78, 5) is 0. The molecule has 0 spiro atoms. The van der Waals surface area contributed by atoms with Crippen molar-refractivity contribution in [2.24, 2.45) is 0 Å². The molecule has 0 N–H and O–H groups in total. The van der Waals surface area contributed by atoms with Crippen LogP contribution >= 0.6 is 0 Å². The molecule has 0 radical (unpaired) electrons. The van der Waals surface area contributed by atoms with Crippen molar-refractivity contribution in [2.45, 2.75) is 0 Å². The summed E-state index contributed by atoms with van der Waals surface area (Å²) in [6, 6.07) is 0. The Bertz CT molecular complexity index is 247. The van der Waals surface area contributed by atoms with Crippen molar-refractivity contribution in [3.63, 3.8) is 0 Å². The van der Waals surface area contributed by atoms with Crippen LogP contribution in [0, 0.1) is 0 Å². The maximum absolute atomic E-state index is 9.38. The molecular weight excluding hydrogens is 413 g/mol. The summed E-state index contributed by atoms with van der Waals surface area (Å²) in [6.45, 7) is 0. The monoisotopic (exact) mass is 412 g/mol. The van der Waals surface area contributed by atoms with Crippen molar-refractivity contribution >= 4 is 0 Å². The van der Waals surface area contributed by atoms with E-state index in [4.69, 9.17) is 0 Å². The van der Waals surface area contributed by atoms with E-state index >= 15 is 0 Å². The first-order valence-electron chi connectivity index (χ1n) is 1.33. The van der Waals surface area contributed by atoms with Gasteiger partial charge < -0.3 is 17.0 Å². The van der Waals surface area contributed by atoms with Crippen LogP contribution in [0.25, 0.3) is 0 Å². The van der Waals surface area contributed by atoms with E-state index in [1.807, 2.05) is 0 Å². The van der Waals surface area contributed by atoms with Crippen molar-refractivity contribution in [1.29, 1.82) is 0 Å². The Morgan fingerprint density at radius 2 is 0.923 bits per heavy atom. The minimum atomic E-state index is -6.07. The van der Waals surface area contributed by atoms with Crippen molar-refractivity contribution in [2.75, 3.05) is 0 Å². The van der Waals surface area contributed by atoms with Gasteiger partial charge in [-0.25, -0.2) is 0 Å². The molecule has 0 amide bonds. The van der Waals surface area contributed by atoms with E-state index in [1.165, 1.54) is 0 Å². The topological polar surface area (TPSA) is 124 Å². The second kappa shape index (κ2) is 14.0. The normalized spacial score (nSPS) is 9.38. The van der Waals surface area contributed by atoms with Gasteiger partial charge in [-0.15, -0.1) is 0 Å². The average molecular weight is 413 g/mol. The van der Waals surface area contributed by atoms with Gasteiger partial charge in [0.25, 0.3) is 0 Å². The second-order valence-electron chi connectivity index (χ2n) is 0.885. The molecule has 0 aromatic rings. The van der Waals surface area contributed by atoms with Crippen LogP contribution in [0.2, 0.25) is 0 Å². The molecular formula is BrCr2K3O7. The van der Waals surface area contributed by atoms with Gasteiger partial charge in [0.05, 0.1) is 0 Å². The number of rotatable bonds is 2. The van der Waals surface area contributed by atoms with E-state index in [0.717, 1.165) is 0 Å². The Morgan fingerprint density at radius 3 is 0.923 bits per heavy atom. The SMILES string of the molecule is [Br-].[K+].[K+].[K+].[O]=[Cr](=[O])([O-])[O][Cr](=[O])(=[O])[O-]. The van der Waals surface area contributed by atoms with Gasteiger partial charge in [0.15, 0.2) is 0 Å². The predicted molar refractivity (Wildman–Crippen MR) is 3.83 cm³/mol. The van der Waals surface area contributed by atoms with E-state index in [-0.39, 0.29) is 171 Å². The van der Waals surface area contributed by atoms with Gasteiger partial charge in [-0.2, -0.15) is 0 Å². The fraction of sp³-hybridized carbons (Fsp3) is 0. The average Bonchev–Trinajstić information content (AvgIpc) is 1.14. The van der Waals surface area contributed by atoms with E-state index in [0.29, 0.717) is 0 Å². The molecule has 0 aliphatic carbocycles. The number of halogens is 1. The fourth-order valence-electron chi connectivity index (χ4n) is 0.102. The van der Waals surface area contributed by atoms with Crippen LogP contribution in [0.1, 0.15) is 0 Å². The molecule has 0 rings (SSSR count). The van der Waals surface area contributed by atoms with Crippen molar-refractivity contribution in [3.05, 3.63) is 0 Å². The molecule has 0 fully saturated rings. The van der Waals surface area contributed by atoms with Crippen LogP contribution in [0.3, 0.4) is 0 Å². The third-order valence-electron chi connectivity index (χ3n) is 0.167. The number of hydrogen-bond acceptors (Lipinski definition) is 7. The van der Waals surface area contributed by atoms with E-state index in [9.17, 15) is 23.5 Å². The summed E-state index contributed by atoms with van der Waals surface area (Å²) in [5.41, 5.74) is 0. The molecule has 0 heterocycles. The Labute approximate surface area is 217 Å². The molecule has 0 aromatic heterocycles. The molecule has 0 atom stereocenters. The molecule has 0 unspecified atom stereocenters. The van der Waals surface area contributed by atoms with Crippen LogP contribution in [-0.4, -0.2) is 0 Å². The first-order chi connectivity index (χ1) is 3.71. The third kappa shape index (κ3) is 31.8. The summed E-state index contributed by atoms with van der Waals surface area (Å²) in [5, 5.41) is 0. The van der Waals surface area contributed by atoms with E-state index < -0.39 is 27.2 Å². The van der Waals surface area contributed by atoms with Crippen LogP contribution in [0.5, 0.6) is 0 Å². The summed E-state index contributed by atoms with van der Waals surface area (Å²) >= 11 is -12.1. The van der Waals surface area contributed by atoms with Crippen molar-refractivity contribution in [3.8, 4) is 0 Å². The molecule has 64 valence electrons. The molecule has 13 heteroatoms. The molecule has 0 aliphatic heterocycles. The van der Waals surface area contributed by atoms with Crippen LogP contribution in [0.4, 0.5) is 0 Å². The Morgan fingerprint density at radius 1 is 0.769 bits per heavy atom. The minimum absolute atomic E-state index is 0. The van der Waals surface area contributed by atoms with Crippen LogP contribution in [-0.2, 0) is 45.3 Å². The van der Waals surface area contributed by atoms with Gasteiger partial charge >= 0.3 is 208 Å². The zero-order valence-corrected chi connectivity index (χ0v) is 20.6. The molecule has 0 aliphatic rings. The second-order valence-corrected chi connectivity index (χ2v) is 4.52. The van der Waals surface area contributed by atoms with Gasteiger partial charge in [0, 0.05) is 0 Å². The summed E-state index contributed by atoms with van der Waals surface area (Å²) in [7, 11) is 0.